The standard InChI is InChI=1S/C11H16N4O2/c12-8-9(5-1-2-5)14-15-10(8)11(17)13-6-3-7(16)4-6/h5-7,16H,1-4,12H2,(H,13,17)(H,14,15). The van der Waals surface area contributed by atoms with Gasteiger partial charge in [0.15, 0.2) is 5.69 Å². The van der Waals surface area contributed by atoms with Crippen molar-refractivity contribution in [3.05, 3.63) is 11.4 Å². The lowest BCUT2D eigenvalue weighted by Crippen LogP contribution is -2.46. The minimum atomic E-state index is -0.279. The van der Waals surface area contributed by atoms with Gasteiger partial charge < -0.3 is 16.2 Å². The molecule has 0 aliphatic heterocycles. The molecule has 5 N–H and O–H groups in total. The summed E-state index contributed by atoms with van der Waals surface area (Å²) >= 11 is 0. The molecule has 2 aliphatic carbocycles. The van der Waals surface area contributed by atoms with Gasteiger partial charge in [-0.15, -0.1) is 0 Å². The van der Waals surface area contributed by atoms with E-state index in [-0.39, 0.29) is 23.7 Å². The number of hydrogen-bond donors (Lipinski definition) is 4. The maximum absolute atomic E-state index is 11.9. The van der Waals surface area contributed by atoms with Crippen LogP contribution in [0.5, 0.6) is 0 Å². The molecular formula is C11H16N4O2. The van der Waals surface area contributed by atoms with Gasteiger partial charge in [-0.2, -0.15) is 5.10 Å². The minimum absolute atomic E-state index is 0.0537. The average molecular weight is 236 g/mol. The van der Waals surface area contributed by atoms with Gasteiger partial charge in [0.25, 0.3) is 5.91 Å². The molecule has 6 heteroatoms. The molecule has 2 fully saturated rings. The number of amides is 1. The minimum Gasteiger partial charge on any atom is -0.395 e. The van der Waals surface area contributed by atoms with Crippen LogP contribution in [0.15, 0.2) is 0 Å². The maximum atomic E-state index is 11.9. The monoisotopic (exact) mass is 236 g/mol. The molecule has 1 aromatic rings. The number of nitrogens with two attached hydrogens (primary N) is 1. The average Bonchev–Trinajstić information content (AvgIpc) is 3.00. The highest BCUT2D eigenvalue weighted by Gasteiger charge is 2.32. The van der Waals surface area contributed by atoms with E-state index in [0.29, 0.717) is 24.4 Å². The van der Waals surface area contributed by atoms with Gasteiger partial charge in [-0.25, -0.2) is 0 Å². The Kier molecular flexibility index (Phi) is 2.32. The van der Waals surface area contributed by atoms with E-state index in [9.17, 15) is 4.79 Å². The number of nitrogens with one attached hydrogen (secondary N) is 2. The molecule has 17 heavy (non-hydrogen) atoms. The highest BCUT2D eigenvalue weighted by molar-refractivity contribution is 5.98. The van der Waals surface area contributed by atoms with Crippen LogP contribution in [0.4, 0.5) is 5.69 Å². The normalized spacial score (nSPS) is 27.6. The molecular weight excluding hydrogens is 220 g/mol. The highest BCUT2D eigenvalue weighted by atomic mass is 16.3. The Labute approximate surface area is 98.6 Å². The zero-order chi connectivity index (χ0) is 12.0. The topological polar surface area (TPSA) is 104 Å². The van der Waals surface area contributed by atoms with Crippen LogP contribution < -0.4 is 11.1 Å². The Morgan fingerprint density at radius 2 is 2.18 bits per heavy atom. The van der Waals surface area contributed by atoms with Gasteiger partial charge in [0.05, 0.1) is 17.5 Å². The van der Waals surface area contributed by atoms with Gasteiger partial charge in [0, 0.05) is 12.0 Å². The van der Waals surface area contributed by atoms with Crippen LogP contribution in [0.2, 0.25) is 0 Å². The van der Waals surface area contributed by atoms with Crippen molar-refractivity contribution < 1.29 is 9.90 Å². The van der Waals surface area contributed by atoms with Crippen LogP contribution in [0.1, 0.15) is 47.8 Å². The second-order valence-corrected chi connectivity index (χ2v) is 4.97. The zero-order valence-corrected chi connectivity index (χ0v) is 9.44. The Hall–Kier alpha value is -1.56. The number of nitrogen functional groups attached to an aromatic ring is 1. The molecule has 0 radical (unpaired) electrons. The molecule has 0 aromatic carbocycles. The van der Waals surface area contributed by atoms with E-state index < -0.39 is 0 Å². The predicted molar refractivity (Wildman–Crippen MR) is 61.5 cm³/mol. The van der Waals surface area contributed by atoms with Gasteiger partial charge in [0.2, 0.25) is 0 Å². The number of hydrogen-bond acceptors (Lipinski definition) is 4. The molecule has 2 saturated carbocycles. The number of aromatic nitrogens is 2. The Balaban J connectivity index is 1.68. The summed E-state index contributed by atoms with van der Waals surface area (Å²) in [5, 5.41) is 18.8. The van der Waals surface area contributed by atoms with Gasteiger partial charge in [-0.1, -0.05) is 0 Å². The molecule has 2 aliphatic rings. The van der Waals surface area contributed by atoms with Crippen molar-refractivity contribution in [3.8, 4) is 0 Å². The van der Waals surface area contributed by atoms with E-state index >= 15 is 0 Å². The zero-order valence-electron chi connectivity index (χ0n) is 9.44. The van der Waals surface area contributed by atoms with Crippen molar-refractivity contribution in [2.75, 3.05) is 5.73 Å². The van der Waals surface area contributed by atoms with Crippen molar-refractivity contribution in [1.82, 2.24) is 15.5 Å². The van der Waals surface area contributed by atoms with Crippen LogP contribution in [0, 0.1) is 0 Å². The summed E-state index contributed by atoms with van der Waals surface area (Å²) in [6.07, 6.45) is 3.18. The van der Waals surface area contributed by atoms with E-state index in [1.165, 1.54) is 0 Å². The first kappa shape index (κ1) is 10.6. The van der Waals surface area contributed by atoms with Crippen molar-refractivity contribution in [2.45, 2.75) is 43.7 Å². The third kappa shape index (κ3) is 1.88. The summed E-state index contributed by atoms with van der Waals surface area (Å²) in [5.41, 5.74) is 7.56. The fourth-order valence-electron chi connectivity index (χ4n) is 2.18. The number of carbonyl (C=O) groups excluding carboxylic acids is 1. The molecule has 6 nitrogen and oxygen atoms in total. The number of rotatable bonds is 3. The summed E-state index contributed by atoms with van der Waals surface area (Å²) in [5.74, 6) is 0.206. The van der Waals surface area contributed by atoms with Gasteiger partial charge >= 0.3 is 0 Å². The quantitative estimate of drug-likeness (QED) is 0.598. The third-order valence-electron chi connectivity index (χ3n) is 3.48. The number of carbonyl (C=O) groups is 1. The Morgan fingerprint density at radius 3 is 2.76 bits per heavy atom. The van der Waals surface area contributed by atoms with Gasteiger partial charge in [-0.3, -0.25) is 9.89 Å². The summed E-state index contributed by atoms with van der Waals surface area (Å²) in [7, 11) is 0. The van der Waals surface area contributed by atoms with Crippen molar-refractivity contribution in [3.63, 3.8) is 0 Å². The van der Waals surface area contributed by atoms with Crippen molar-refractivity contribution >= 4 is 11.6 Å². The summed E-state index contributed by atoms with van der Waals surface area (Å²) in [6.45, 7) is 0. The second-order valence-electron chi connectivity index (χ2n) is 4.97. The van der Waals surface area contributed by atoms with Crippen LogP contribution in [0.25, 0.3) is 0 Å². The molecule has 0 saturated heterocycles. The second kappa shape index (κ2) is 3.73. The molecule has 1 heterocycles. The number of aliphatic hydroxyl groups is 1. The number of aromatic amines is 1. The van der Waals surface area contributed by atoms with Crippen molar-refractivity contribution in [1.29, 1.82) is 0 Å². The number of aliphatic hydroxyl groups excluding tert-OH is 1. The highest BCUT2D eigenvalue weighted by Crippen LogP contribution is 2.42. The fourth-order valence-corrected chi connectivity index (χ4v) is 2.18. The molecule has 0 bridgehead atoms. The molecule has 1 aromatic heterocycles. The summed E-state index contributed by atoms with van der Waals surface area (Å²) in [4.78, 5) is 11.9. The number of H-pyrrole nitrogens is 1. The van der Waals surface area contributed by atoms with Crippen LogP contribution >= 0.6 is 0 Å². The molecule has 0 unspecified atom stereocenters. The smallest absolute Gasteiger partial charge is 0.274 e. The van der Waals surface area contributed by atoms with E-state index in [0.717, 1.165) is 18.5 Å². The summed E-state index contributed by atoms with van der Waals surface area (Å²) in [6, 6.07) is 0.0537. The summed E-state index contributed by atoms with van der Waals surface area (Å²) < 4.78 is 0. The lowest BCUT2D eigenvalue weighted by atomic mass is 9.89. The lowest BCUT2D eigenvalue weighted by Gasteiger charge is -2.31. The van der Waals surface area contributed by atoms with E-state index in [2.05, 4.69) is 15.5 Å². The SMILES string of the molecule is Nc1c(C(=O)NC2CC(O)C2)n[nH]c1C1CC1. The van der Waals surface area contributed by atoms with Crippen LogP contribution in [-0.2, 0) is 0 Å². The maximum Gasteiger partial charge on any atom is 0.274 e. The van der Waals surface area contributed by atoms with E-state index in [4.69, 9.17) is 10.8 Å². The molecule has 1 amide bonds. The number of anilines is 1. The number of nitrogens with zero attached hydrogens (tertiary/aromatic N) is 1. The molecule has 0 spiro atoms. The van der Waals surface area contributed by atoms with Crippen LogP contribution in [-0.4, -0.2) is 33.4 Å². The fraction of sp³-hybridized carbons (Fsp3) is 0.636. The molecule has 3 rings (SSSR count). The predicted octanol–water partition coefficient (Wildman–Crippen LogP) is 0.122. The first-order chi connectivity index (χ1) is 8.15. The van der Waals surface area contributed by atoms with Crippen LogP contribution in [0.3, 0.4) is 0 Å². The van der Waals surface area contributed by atoms with Gasteiger partial charge in [-0.05, 0) is 25.7 Å². The lowest BCUT2D eigenvalue weighted by molar-refractivity contribution is 0.0561. The first-order valence-electron chi connectivity index (χ1n) is 5.98. The largest absolute Gasteiger partial charge is 0.395 e. The van der Waals surface area contributed by atoms with Crippen molar-refractivity contribution in [2.24, 2.45) is 0 Å². The van der Waals surface area contributed by atoms with E-state index in [1.807, 2.05) is 0 Å². The molecule has 0 atom stereocenters. The third-order valence-corrected chi connectivity index (χ3v) is 3.48. The Morgan fingerprint density at radius 1 is 1.47 bits per heavy atom. The Bertz CT molecular complexity index is 446. The van der Waals surface area contributed by atoms with Gasteiger partial charge in [0.1, 0.15) is 0 Å². The molecule has 92 valence electrons. The van der Waals surface area contributed by atoms with E-state index in [1.54, 1.807) is 0 Å². The first-order valence-corrected chi connectivity index (χ1v) is 5.98.